The number of likely N-dealkylation sites (tertiary alicyclic amines) is 1. The third kappa shape index (κ3) is 5.55. The first kappa shape index (κ1) is 20.1. The van der Waals surface area contributed by atoms with Gasteiger partial charge in [-0.05, 0) is 36.5 Å². The largest absolute Gasteiger partial charge is 0.497 e. The van der Waals surface area contributed by atoms with Crippen LogP contribution in [0.1, 0.15) is 39.2 Å². The zero-order chi connectivity index (χ0) is 16.2. The van der Waals surface area contributed by atoms with Gasteiger partial charge in [0.15, 0.2) is 5.96 Å². The molecule has 2 N–H and O–H groups in total. The van der Waals surface area contributed by atoms with Gasteiger partial charge in [0, 0.05) is 18.5 Å². The SMILES string of the molecule is COc1ccc(C(C)(C)CN=C(N)N2CCCC(C)C2)cc1.I. The fraction of sp³-hybridized carbons (Fsp3) is 0.611. The van der Waals surface area contributed by atoms with Crippen molar-refractivity contribution in [2.24, 2.45) is 16.6 Å². The number of rotatable bonds is 4. The first-order valence-electron chi connectivity index (χ1n) is 8.12. The molecular weight excluding hydrogens is 401 g/mol. The highest BCUT2D eigenvalue weighted by atomic mass is 127. The number of hydrogen-bond acceptors (Lipinski definition) is 2. The van der Waals surface area contributed by atoms with Crippen molar-refractivity contribution in [3.05, 3.63) is 29.8 Å². The Kier molecular flexibility index (Phi) is 7.64. The maximum absolute atomic E-state index is 6.20. The van der Waals surface area contributed by atoms with Crippen molar-refractivity contribution < 1.29 is 4.74 Å². The Hall–Kier alpha value is -0.980. The molecule has 1 heterocycles. The van der Waals surface area contributed by atoms with Gasteiger partial charge < -0.3 is 15.4 Å². The second-order valence-electron chi connectivity index (χ2n) is 6.98. The molecule has 1 fully saturated rings. The minimum absolute atomic E-state index is 0. The molecule has 0 aromatic heterocycles. The molecule has 0 radical (unpaired) electrons. The molecule has 5 heteroatoms. The highest BCUT2D eigenvalue weighted by Crippen LogP contribution is 2.25. The summed E-state index contributed by atoms with van der Waals surface area (Å²) < 4.78 is 5.22. The normalized spacial score (nSPS) is 19.2. The average molecular weight is 431 g/mol. The van der Waals surface area contributed by atoms with Crippen molar-refractivity contribution in [1.29, 1.82) is 0 Å². The van der Waals surface area contributed by atoms with Gasteiger partial charge in [-0.25, -0.2) is 0 Å². The molecule has 130 valence electrons. The zero-order valence-electron chi connectivity index (χ0n) is 14.7. The van der Waals surface area contributed by atoms with Crippen LogP contribution in [0.4, 0.5) is 0 Å². The molecule has 0 aliphatic carbocycles. The Morgan fingerprint density at radius 2 is 2.00 bits per heavy atom. The molecule has 1 saturated heterocycles. The molecule has 0 spiro atoms. The lowest BCUT2D eigenvalue weighted by molar-refractivity contribution is 0.270. The van der Waals surface area contributed by atoms with E-state index in [1.807, 2.05) is 12.1 Å². The molecule has 0 amide bonds. The zero-order valence-corrected chi connectivity index (χ0v) is 17.0. The van der Waals surface area contributed by atoms with Crippen LogP contribution >= 0.6 is 24.0 Å². The van der Waals surface area contributed by atoms with Gasteiger partial charge in [-0.1, -0.05) is 32.9 Å². The summed E-state index contributed by atoms with van der Waals surface area (Å²) in [4.78, 5) is 6.88. The molecule has 1 aromatic carbocycles. The molecule has 2 rings (SSSR count). The van der Waals surface area contributed by atoms with E-state index in [2.05, 4.69) is 42.8 Å². The van der Waals surface area contributed by atoms with E-state index >= 15 is 0 Å². The smallest absolute Gasteiger partial charge is 0.191 e. The highest BCUT2D eigenvalue weighted by Gasteiger charge is 2.22. The van der Waals surface area contributed by atoms with Crippen LogP contribution in [-0.2, 0) is 5.41 Å². The maximum atomic E-state index is 6.20. The van der Waals surface area contributed by atoms with Gasteiger partial charge in [-0.2, -0.15) is 0 Å². The number of nitrogens with two attached hydrogens (primary N) is 1. The molecule has 1 aromatic rings. The van der Waals surface area contributed by atoms with Crippen LogP contribution in [0.2, 0.25) is 0 Å². The predicted octanol–water partition coefficient (Wildman–Crippen LogP) is 3.64. The first-order valence-corrected chi connectivity index (χ1v) is 8.12. The van der Waals surface area contributed by atoms with E-state index in [-0.39, 0.29) is 29.4 Å². The topological polar surface area (TPSA) is 50.9 Å². The molecular formula is C18H30IN3O. The molecule has 4 nitrogen and oxygen atoms in total. The average Bonchev–Trinajstić information content (AvgIpc) is 2.52. The Balaban J connectivity index is 0.00000264. The van der Waals surface area contributed by atoms with E-state index in [9.17, 15) is 0 Å². The second kappa shape index (κ2) is 8.76. The van der Waals surface area contributed by atoms with Crippen LogP contribution in [0.25, 0.3) is 0 Å². The standard InChI is InChI=1S/C18H29N3O.HI/c1-14-6-5-11-21(12-14)17(19)20-13-18(2,3)15-7-9-16(22-4)10-8-15;/h7-10,14H,5-6,11-13H2,1-4H3,(H2,19,20);1H. The van der Waals surface area contributed by atoms with Gasteiger partial charge in [0.05, 0.1) is 13.7 Å². The molecule has 23 heavy (non-hydrogen) atoms. The summed E-state index contributed by atoms with van der Waals surface area (Å²) in [5, 5.41) is 0. The monoisotopic (exact) mass is 431 g/mol. The summed E-state index contributed by atoms with van der Waals surface area (Å²) in [5.74, 6) is 2.27. The molecule has 0 bridgehead atoms. The van der Waals surface area contributed by atoms with E-state index < -0.39 is 0 Å². The number of ether oxygens (including phenoxy) is 1. The molecule has 1 atom stereocenters. The van der Waals surface area contributed by atoms with Crippen LogP contribution in [0.15, 0.2) is 29.3 Å². The van der Waals surface area contributed by atoms with Crippen molar-refractivity contribution in [3.8, 4) is 5.75 Å². The second-order valence-corrected chi connectivity index (χ2v) is 6.98. The summed E-state index contributed by atoms with van der Waals surface area (Å²) in [6.07, 6.45) is 2.50. The third-order valence-corrected chi connectivity index (χ3v) is 4.49. The van der Waals surface area contributed by atoms with Crippen molar-refractivity contribution in [1.82, 2.24) is 4.90 Å². The Morgan fingerprint density at radius 1 is 1.35 bits per heavy atom. The van der Waals surface area contributed by atoms with Gasteiger partial charge in [0.1, 0.15) is 5.75 Å². The van der Waals surface area contributed by atoms with Crippen LogP contribution < -0.4 is 10.5 Å². The Labute approximate surface area is 157 Å². The summed E-state index contributed by atoms with van der Waals surface area (Å²) in [6.45, 7) is 9.42. The van der Waals surface area contributed by atoms with E-state index in [1.165, 1.54) is 18.4 Å². The predicted molar refractivity (Wildman–Crippen MR) is 108 cm³/mol. The maximum Gasteiger partial charge on any atom is 0.191 e. The van der Waals surface area contributed by atoms with E-state index in [4.69, 9.17) is 10.5 Å². The van der Waals surface area contributed by atoms with E-state index in [1.54, 1.807) is 7.11 Å². The summed E-state index contributed by atoms with van der Waals surface area (Å²) in [5.41, 5.74) is 7.40. The first-order chi connectivity index (χ1) is 10.4. The molecule has 0 saturated carbocycles. The van der Waals surface area contributed by atoms with Gasteiger partial charge >= 0.3 is 0 Å². The van der Waals surface area contributed by atoms with Crippen LogP contribution in [0, 0.1) is 5.92 Å². The molecule has 1 aliphatic rings. The number of methoxy groups -OCH3 is 1. The number of nitrogens with zero attached hydrogens (tertiary/aromatic N) is 2. The van der Waals surface area contributed by atoms with E-state index in [0.717, 1.165) is 18.8 Å². The Bertz CT molecular complexity index is 514. The van der Waals surface area contributed by atoms with Crippen LogP contribution in [-0.4, -0.2) is 37.6 Å². The number of aliphatic imine (C=N–C) groups is 1. The number of guanidine groups is 1. The summed E-state index contributed by atoms with van der Waals surface area (Å²) in [7, 11) is 1.69. The van der Waals surface area contributed by atoms with E-state index in [0.29, 0.717) is 18.4 Å². The van der Waals surface area contributed by atoms with Gasteiger partial charge in [0.25, 0.3) is 0 Å². The molecule has 1 unspecified atom stereocenters. The highest BCUT2D eigenvalue weighted by molar-refractivity contribution is 14.0. The van der Waals surface area contributed by atoms with Gasteiger partial charge in [0.2, 0.25) is 0 Å². The van der Waals surface area contributed by atoms with Gasteiger partial charge in [-0.3, -0.25) is 4.99 Å². The quantitative estimate of drug-likeness (QED) is 0.450. The van der Waals surface area contributed by atoms with Crippen LogP contribution in [0.5, 0.6) is 5.75 Å². The fourth-order valence-corrected chi connectivity index (χ4v) is 2.91. The number of hydrogen-bond donors (Lipinski definition) is 1. The number of halogens is 1. The van der Waals surface area contributed by atoms with Crippen molar-refractivity contribution in [2.45, 2.75) is 39.0 Å². The number of piperidine rings is 1. The van der Waals surface area contributed by atoms with Crippen molar-refractivity contribution in [2.75, 3.05) is 26.7 Å². The third-order valence-electron chi connectivity index (χ3n) is 4.49. The van der Waals surface area contributed by atoms with Gasteiger partial charge in [-0.15, -0.1) is 24.0 Å². The van der Waals surface area contributed by atoms with Crippen molar-refractivity contribution >= 4 is 29.9 Å². The lowest BCUT2D eigenvalue weighted by atomic mass is 9.85. The minimum atomic E-state index is -0.0434. The summed E-state index contributed by atoms with van der Waals surface area (Å²) in [6, 6.07) is 8.20. The lowest BCUT2D eigenvalue weighted by Gasteiger charge is -2.32. The fourth-order valence-electron chi connectivity index (χ4n) is 2.91. The molecule has 1 aliphatic heterocycles. The van der Waals surface area contributed by atoms with Crippen molar-refractivity contribution in [3.63, 3.8) is 0 Å². The Morgan fingerprint density at radius 3 is 2.57 bits per heavy atom. The van der Waals surface area contributed by atoms with Crippen LogP contribution in [0.3, 0.4) is 0 Å². The number of benzene rings is 1. The minimum Gasteiger partial charge on any atom is -0.497 e. The summed E-state index contributed by atoms with van der Waals surface area (Å²) >= 11 is 0. The lowest BCUT2D eigenvalue weighted by Crippen LogP contribution is -2.44.